The van der Waals surface area contributed by atoms with Crippen LogP contribution < -0.4 is 5.32 Å². The molecule has 6 nitrogen and oxygen atoms in total. The monoisotopic (exact) mass is 396 g/mol. The Bertz CT molecular complexity index is 874. The van der Waals surface area contributed by atoms with Gasteiger partial charge in [-0.2, -0.15) is 0 Å². The first-order valence-electron chi connectivity index (χ1n) is 9.72. The van der Waals surface area contributed by atoms with Crippen LogP contribution in [0, 0.1) is 0 Å². The lowest BCUT2D eigenvalue weighted by molar-refractivity contribution is -0.153. The summed E-state index contributed by atoms with van der Waals surface area (Å²) in [5.41, 5.74) is 1.21. The summed E-state index contributed by atoms with van der Waals surface area (Å²) in [5, 5.41) is 12.6. The summed E-state index contributed by atoms with van der Waals surface area (Å²) in [6.07, 6.45) is 0.508. The highest BCUT2D eigenvalue weighted by molar-refractivity contribution is 5.88. The largest absolute Gasteiger partial charge is 0.480 e. The molecule has 6 heteroatoms. The summed E-state index contributed by atoms with van der Waals surface area (Å²) < 4.78 is 6.32. The molecule has 1 amide bonds. The predicted octanol–water partition coefficient (Wildman–Crippen LogP) is 3.62. The van der Waals surface area contributed by atoms with Gasteiger partial charge in [-0.3, -0.25) is 14.5 Å². The molecule has 1 unspecified atom stereocenters. The van der Waals surface area contributed by atoms with E-state index in [0.29, 0.717) is 12.1 Å². The van der Waals surface area contributed by atoms with Crippen molar-refractivity contribution < 1.29 is 19.4 Å². The predicted molar refractivity (Wildman–Crippen MR) is 112 cm³/mol. The second kappa shape index (κ2) is 7.97. The van der Waals surface area contributed by atoms with Crippen LogP contribution in [-0.4, -0.2) is 40.1 Å². The summed E-state index contributed by atoms with van der Waals surface area (Å²) in [4.78, 5) is 25.3. The molecular formula is C23H28N2O4. The summed E-state index contributed by atoms with van der Waals surface area (Å²) in [5.74, 6) is -1.04. The van der Waals surface area contributed by atoms with Crippen LogP contribution in [0.3, 0.4) is 0 Å². The lowest BCUT2D eigenvalue weighted by Crippen LogP contribution is -2.58. The average molecular weight is 396 g/mol. The van der Waals surface area contributed by atoms with E-state index in [-0.39, 0.29) is 12.5 Å². The van der Waals surface area contributed by atoms with Gasteiger partial charge in [0.05, 0.1) is 6.61 Å². The Morgan fingerprint density at radius 3 is 2.28 bits per heavy atom. The smallest absolute Gasteiger partial charge is 0.323 e. The molecule has 2 N–H and O–H groups in total. The van der Waals surface area contributed by atoms with Crippen molar-refractivity contribution in [2.45, 2.75) is 51.4 Å². The molecule has 2 atom stereocenters. The van der Waals surface area contributed by atoms with Crippen LogP contribution in [0.5, 0.6) is 0 Å². The number of nitrogens with zero attached hydrogens (tertiary/aromatic N) is 1. The van der Waals surface area contributed by atoms with E-state index in [2.05, 4.69) is 5.32 Å². The van der Waals surface area contributed by atoms with E-state index in [1.165, 1.54) is 6.92 Å². The second-order valence-electron chi connectivity index (χ2n) is 8.41. The van der Waals surface area contributed by atoms with Gasteiger partial charge < -0.3 is 15.2 Å². The number of hydrogen-bond donors (Lipinski definition) is 2. The van der Waals surface area contributed by atoms with E-state index >= 15 is 0 Å². The maximum absolute atomic E-state index is 12.0. The van der Waals surface area contributed by atoms with Crippen molar-refractivity contribution in [2.75, 3.05) is 11.9 Å². The lowest BCUT2D eigenvalue weighted by Gasteiger charge is -2.46. The third kappa shape index (κ3) is 4.33. The van der Waals surface area contributed by atoms with Gasteiger partial charge in [-0.1, -0.05) is 42.5 Å². The van der Waals surface area contributed by atoms with Crippen LogP contribution >= 0.6 is 0 Å². The van der Waals surface area contributed by atoms with Gasteiger partial charge in [0.1, 0.15) is 6.04 Å². The van der Waals surface area contributed by atoms with Crippen molar-refractivity contribution in [1.82, 2.24) is 4.90 Å². The number of anilines is 1. The lowest BCUT2D eigenvalue weighted by atomic mass is 9.88. The van der Waals surface area contributed by atoms with Crippen molar-refractivity contribution in [2.24, 2.45) is 0 Å². The van der Waals surface area contributed by atoms with E-state index in [1.807, 2.05) is 80.3 Å². The first-order chi connectivity index (χ1) is 13.6. The number of aliphatic carboxylic acids is 1. The molecule has 0 saturated carbocycles. The fourth-order valence-electron chi connectivity index (χ4n) is 4.15. The van der Waals surface area contributed by atoms with E-state index in [0.717, 1.165) is 11.1 Å². The third-order valence-corrected chi connectivity index (χ3v) is 5.13. The molecule has 0 aliphatic carbocycles. The van der Waals surface area contributed by atoms with E-state index in [9.17, 15) is 14.7 Å². The topological polar surface area (TPSA) is 78.9 Å². The number of carbonyl (C=O) groups excluding carboxylic acids is 1. The van der Waals surface area contributed by atoms with Gasteiger partial charge in [-0.05, 0) is 44.0 Å². The summed E-state index contributed by atoms with van der Waals surface area (Å²) in [6, 6.07) is 16.6. The fourth-order valence-corrected chi connectivity index (χ4v) is 4.15. The minimum Gasteiger partial charge on any atom is -0.480 e. The standard InChI is InChI=1S/C23H28N2O4/c1-16(26)24-19-12-10-18(11-13-19)23(14-17-8-6-5-7-9-17)25(22(2,3)4)20(15-29-23)21(27)28/h5-13,20H,14-15H2,1-4H3,(H,24,26)(H,27,28)/t20-,23?/m0/s1. The molecule has 2 aromatic rings. The number of nitrogens with one attached hydrogen (secondary N) is 1. The molecule has 1 aliphatic rings. The normalized spacial score (nSPS) is 22.4. The quantitative estimate of drug-likeness (QED) is 0.807. The Kier molecular flexibility index (Phi) is 5.78. The summed E-state index contributed by atoms with van der Waals surface area (Å²) in [6.45, 7) is 7.58. The van der Waals surface area contributed by atoms with Crippen LogP contribution in [0.15, 0.2) is 54.6 Å². The van der Waals surface area contributed by atoms with Crippen molar-refractivity contribution >= 4 is 17.6 Å². The van der Waals surface area contributed by atoms with Crippen LogP contribution in [0.2, 0.25) is 0 Å². The first-order valence-corrected chi connectivity index (χ1v) is 9.72. The first kappa shape index (κ1) is 21.0. The van der Waals surface area contributed by atoms with E-state index in [4.69, 9.17) is 4.74 Å². The number of hydrogen-bond acceptors (Lipinski definition) is 4. The number of carboxylic acids is 1. The molecule has 1 heterocycles. The third-order valence-electron chi connectivity index (χ3n) is 5.13. The Hall–Kier alpha value is -2.70. The van der Waals surface area contributed by atoms with Crippen LogP contribution in [-0.2, 0) is 26.5 Å². The van der Waals surface area contributed by atoms with E-state index in [1.54, 1.807) is 0 Å². The van der Waals surface area contributed by atoms with Gasteiger partial charge in [-0.25, -0.2) is 0 Å². The zero-order valence-corrected chi connectivity index (χ0v) is 17.3. The van der Waals surface area contributed by atoms with Crippen molar-refractivity contribution in [3.63, 3.8) is 0 Å². The number of ether oxygens (including phenoxy) is 1. The Labute approximate surface area is 171 Å². The Morgan fingerprint density at radius 1 is 1.14 bits per heavy atom. The summed E-state index contributed by atoms with van der Waals surface area (Å²) in [7, 11) is 0. The van der Waals surface area contributed by atoms with Gasteiger partial charge in [-0.15, -0.1) is 0 Å². The van der Waals surface area contributed by atoms with Gasteiger partial charge >= 0.3 is 5.97 Å². The van der Waals surface area contributed by atoms with Crippen molar-refractivity contribution in [3.05, 3.63) is 65.7 Å². The highest BCUT2D eigenvalue weighted by Gasteiger charge is 2.55. The molecule has 1 fully saturated rings. The van der Waals surface area contributed by atoms with Crippen LogP contribution in [0.4, 0.5) is 5.69 Å². The maximum Gasteiger partial charge on any atom is 0.323 e. The molecule has 2 aromatic carbocycles. The minimum atomic E-state index is -0.933. The molecule has 0 bridgehead atoms. The van der Waals surface area contributed by atoms with Crippen molar-refractivity contribution in [1.29, 1.82) is 0 Å². The number of carboxylic acid groups (broad SMARTS) is 1. The average Bonchev–Trinajstić information content (AvgIpc) is 3.03. The molecule has 0 radical (unpaired) electrons. The number of carbonyl (C=O) groups is 2. The molecule has 154 valence electrons. The number of benzene rings is 2. The maximum atomic E-state index is 12.0. The fraction of sp³-hybridized carbons (Fsp3) is 0.391. The van der Waals surface area contributed by atoms with Crippen LogP contribution in [0.25, 0.3) is 0 Å². The number of rotatable bonds is 5. The zero-order valence-electron chi connectivity index (χ0n) is 17.3. The molecule has 1 aliphatic heterocycles. The van der Waals surface area contributed by atoms with Crippen LogP contribution in [0.1, 0.15) is 38.8 Å². The van der Waals surface area contributed by atoms with Gasteiger partial charge in [0, 0.05) is 24.6 Å². The second-order valence-corrected chi connectivity index (χ2v) is 8.41. The molecule has 0 spiro atoms. The molecular weight excluding hydrogens is 368 g/mol. The summed E-state index contributed by atoms with van der Waals surface area (Å²) >= 11 is 0. The van der Waals surface area contributed by atoms with Gasteiger partial charge in [0.15, 0.2) is 5.72 Å². The molecule has 29 heavy (non-hydrogen) atoms. The highest BCUT2D eigenvalue weighted by Crippen LogP contribution is 2.45. The van der Waals surface area contributed by atoms with Gasteiger partial charge in [0.25, 0.3) is 0 Å². The Morgan fingerprint density at radius 2 is 1.76 bits per heavy atom. The minimum absolute atomic E-state index is 0.104. The zero-order chi connectivity index (χ0) is 21.2. The van der Waals surface area contributed by atoms with Gasteiger partial charge in [0.2, 0.25) is 5.91 Å². The molecule has 3 rings (SSSR count). The molecule has 0 aromatic heterocycles. The Balaban J connectivity index is 2.11. The number of amides is 1. The SMILES string of the molecule is CC(=O)Nc1ccc(C2(Cc3ccccc3)OC[C@@H](C(=O)O)N2C(C)(C)C)cc1. The van der Waals surface area contributed by atoms with E-state index < -0.39 is 23.3 Å². The van der Waals surface area contributed by atoms with Crippen molar-refractivity contribution in [3.8, 4) is 0 Å². The highest BCUT2D eigenvalue weighted by atomic mass is 16.5. The molecule has 1 saturated heterocycles.